The van der Waals surface area contributed by atoms with E-state index < -0.39 is 16.1 Å². The first-order chi connectivity index (χ1) is 11.2. The highest BCUT2D eigenvalue weighted by molar-refractivity contribution is 7.02. The van der Waals surface area contributed by atoms with Gasteiger partial charge in [0.15, 0.2) is 0 Å². The average molecular weight is 401 g/mol. The zero-order valence-electron chi connectivity index (χ0n) is 19.2. The molecule has 0 saturated carbocycles. The molecule has 0 unspecified atom stereocenters. The van der Waals surface area contributed by atoms with E-state index in [9.17, 15) is 0 Å². The van der Waals surface area contributed by atoms with Gasteiger partial charge in [-0.2, -0.15) is 0 Å². The summed E-state index contributed by atoms with van der Waals surface area (Å²) in [5, 5.41) is 7.41. The summed E-state index contributed by atoms with van der Waals surface area (Å²) in [7, 11) is -2.58. The highest BCUT2D eigenvalue weighted by atomic mass is 28.3. The standard InChI is InChI=1S/C16H32Si2.2C3H8.2CH4/c1-9-17(10-2)13(5)15(7)18(11-3,12-4)16(8)14(17)6;2*1-3-2;;/h9-12H2,1-8H3;2*3H2,1-2H3;2*1H4. The van der Waals surface area contributed by atoms with E-state index in [0.717, 1.165) is 0 Å². The van der Waals surface area contributed by atoms with Gasteiger partial charge in [-0.1, -0.05) is 128 Å². The Labute approximate surface area is 172 Å². The first-order valence-corrected chi connectivity index (χ1v) is 15.4. The van der Waals surface area contributed by atoms with Crippen molar-refractivity contribution in [2.45, 2.75) is 135 Å². The van der Waals surface area contributed by atoms with Gasteiger partial charge >= 0.3 is 0 Å². The summed E-state index contributed by atoms with van der Waals surface area (Å²) >= 11 is 0. The van der Waals surface area contributed by atoms with Gasteiger partial charge in [-0.25, -0.2) is 0 Å². The van der Waals surface area contributed by atoms with E-state index in [1.807, 2.05) is 20.8 Å². The fourth-order valence-corrected chi connectivity index (χ4v) is 16.7. The first-order valence-electron chi connectivity index (χ1n) is 10.6. The maximum atomic E-state index is 2.48. The molecule has 0 aromatic rings. The molecule has 26 heavy (non-hydrogen) atoms. The molecule has 0 aromatic carbocycles. The molecule has 2 heteroatoms. The minimum Gasteiger partial charge on any atom is -0.0834 e. The van der Waals surface area contributed by atoms with E-state index in [0.29, 0.717) is 0 Å². The van der Waals surface area contributed by atoms with Crippen LogP contribution in [-0.2, 0) is 0 Å². The lowest BCUT2D eigenvalue weighted by Gasteiger charge is -2.47. The summed E-state index contributed by atoms with van der Waals surface area (Å²) in [4.78, 5) is 0. The molecule has 0 amide bonds. The van der Waals surface area contributed by atoms with Crippen molar-refractivity contribution in [3.05, 3.63) is 20.8 Å². The fourth-order valence-electron chi connectivity index (χ4n) is 4.62. The molecule has 0 nitrogen and oxygen atoms in total. The molecule has 0 atom stereocenters. The van der Waals surface area contributed by atoms with Crippen molar-refractivity contribution >= 4 is 16.1 Å². The summed E-state index contributed by atoms with van der Waals surface area (Å²) in [6, 6.07) is 5.59. The zero-order valence-corrected chi connectivity index (χ0v) is 21.2. The molecule has 1 heterocycles. The van der Waals surface area contributed by atoms with Gasteiger partial charge in [0.25, 0.3) is 0 Å². The molecular formula is C24H56Si2. The van der Waals surface area contributed by atoms with Gasteiger partial charge in [0.2, 0.25) is 0 Å². The smallest absolute Gasteiger partial charge is 0.0834 e. The lowest BCUT2D eigenvalue weighted by molar-refractivity contribution is 1.09. The monoisotopic (exact) mass is 400 g/mol. The third-order valence-corrected chi connectivity index (χ3v) is 19.0. The van der Waals surface area contributed by atoms with Crippen LogP contribution in [0.4, 0.5) is 0 Å². The first kappa shape index (κ1) is 33.5. The van der Waals surface area contributed by atoms with Crippen LogP contribution in [0.25, 0.3) is 0 Å². The van der Waals surface area contributed by atoms with Crippen molar-refractivity contribution in [3.63, 3.8) is 0 Å². The van der Waals surface area contributed by atoms with Crippen LogP contribution in [0.15, 0.2) is 20.8 Å². The van der Waals surface area contributed by atoms with Crippen LogP contribution in [-0.4, -0.2) is 16.1 Å². The lowest BCUT2D eigenvalue weighted by atomic mass is 10.5. The van der Waals surface area contributed by atoms with E-state index in [4.69, 9.17) is 0 Å². The summed E-state index contributed by atoms with van der Waals surface area (Å²) in [6.45, 7) is 28.1. The van der Waals surface area contributed by atoms with Crippen LogP contribution in [0.5, 0.6) is 0 Å². The SMILES string of the molecule is C.C.CCC.CCC.CC[Si]1(CC)C(C)=C(C)[Si](CC)(CC)C(C)=C1C. The van der Waals surface area contributed by atoms with E-state index in [-0.39, 0.29) is 14.9 Å². The molecule has 0 spiro atoms. The minimum absolute atomic E-state index is 0. The van der Waals surface area contributed by atoms with Crippen molar-refractivity contribution in [2.75, 3.05) is 0 Å². The largest absolute Gasteiger partial charge is 0.106 e. The quantitative estimate of drug-likeness (QED) is 0.412. The van der Waals surface area contributed by atoms with Gasteiger partial charge in [-0.05, 0) is 27.7 Å². The normalized spacial score (nSPS) is 17.1. The van der Waals surface area contributed by atoms with E-state index in [2.05, 4.69) is 83.1 Å². The van der Waals surface area contributed by atoms with Gasteiger partial charge < -0.3 is 0 Å². The second-order valence-electron chi connectivity index (χ2n) is 7.49. The van der Waals surface area contributed by atoms with Crippen LogP contribution < -0.4 is 0 Å². The molecule has 0 bridgehead atoms. The highest BCUT2D eigenvalue weighted by Crippen LogP contribution is 2.46. The van der Waals surface area contributed by atoms with Crippen molar-refractivity contribution < 1.29 is 0 Å². The molecular weight excluding hydrogens is 344 g/mol. The van der Waals surface area contributed by atoms with Gasteiger partial charge in [-0.15, -0.1) is 0 Å². The van der Waals surface area contributed by atoms with Crippen molar-refractivity contribution in [2.24, 2.45) is 0 Å². The number of hydrogen-bond donors (Lipinski definition) is 0. The molecule has 1 aliphatic rings. The molecule has 0 radical (unpaired) electrons. The Morgan fingerprint density at radius 1 is 0.423 bits per heavy atom. The molecule has 0 N–H and O–H groups in total. The molecule has 0 aromatic heterocycles. The van der Waals surface area contributed by atoms with Gasteiger partial charge in [-0.3, -0.25) is 0 Å². The predicted molar refractivity (Wildman–Crippen MR) is 136 cm³/mol. The van der Waals surface area contributed by atoms with Crippen LogP contribution >= 0.6 is 0 Å². The van der Waals surface area contributed by atoms with E-state index in [1.54, 1.807) is 0 Å². The maximum absolute atomic E-state index is 2.48. The fraction of sp³-hybridized carbons (Fsp3) is 0.833. The van der Waals surface area contributed by atoms with Crippen molar-refractivity contribution in [1.29, 1.82) is 0 Å². The second-order valence-corrected chi connectivity index (χ2v) is 17.6. The van der Waals surface area contributed by atoms with Crippen LogP contribution in [0.2, 0.25) is 24.2 Å². The van der Waals surface area contributed by atoms with Gasteiger partial charge in [0.05, 0.1) is 0 Å². The second kappa shape index (κ2) is 15.9. The topological polar surface area (TPSA) is 0 Å². The number of hydrogen-bond acceptors (Lipinski definition) is 0. The number of allylic oxidation sites excluding steroid dienone is 4. The molecule has 1 aliphatic heterocycles. The Kier molecular flexibility index (Phi) is 20.5. The van der Waals surface area contributed by atoms with E-state index >= 15 is 0 Å². The molecule has 0 fully saturated rings. The third-order valence-electron chi connectivity index (χ3n) is 6.41. The van der Waals surface area contributed by atoms with Crippen LogP contribution in [0, 0.1) is 0 Å². The van der Waals surface area contributed by atoms with Crippen LogP contribution in [0.1, 0.15) is 111 Å². The lowest BCUT2D eigenvalue weighted by Crippen LogP contribution is -2.50. The molecule has 160 valence electrons. The third kappa shape index (κ3) is 6.51. The Morgan fingerprint density at radius 3 is 0.615 bits per heavy atom. The Morgan fingerprint density at radius 2 is 0.538 bits per heavy atom. The van der Waals surface area contributed by atoms with Gasteiger partial charge in [0.1, 0.15) is 16.1 Å². The van der Waals surface area contributed by atoms with Gasteiger partial charge in [0, 0.05) is 0 Å². The Bertz CT molecular complexity index is 340. The summed E-state index contributed by atoms with van der Waals surface area (Å²) in [5.74, 6) is 0. The summed E-state index contributed by atoms with van der Waals surface area (Å²) < 4.78 is 0. The molecule has 0 aliphatic carbocycles. The molecule has 0 saturated heterocycles. The summed E-state index contributed by atoms with van der Waals surface area (Å²) in [5.41, 5.74) is 0. The average Bonchev–Trinajstić information content (AvgIpc) is 2.57. The van der Waals surface area contributed by atoms with Crippen LogP contribution in [0.3, 0.4) is 0 Å². The zero-order chi connectivity index (χ0) is 19.6. The van der Waals surface area contributed by atoms with Crippen molar-refractivity contribution in [3.8, 4) is 0 Å². The highest BCUT2D eigenvalue weighted by Gasteiger charge is 2.46. The van der Waals surface area contributed by atoms with Crippen molar-refractivity contribution in [1.82, 2.24) is 0 Å². The maximum Gasteiger partial charge on any atom is 0.106 e. The molecule has 1 rings (SSSR count). The predicted octanol–water partition coefficient (Wildman–Crippen LogP) is 9.91. The Balaban J connectivity index is -0.000000267. The number of rotatable bonds is 4. The minimum atomic E-state index is -1.29. The van der Waals surface area contributed by atoms with E-state index in [1.165, 1.54) is 37.0 Å². The Hall–Kier alpha value is -0.0862. The summed E-state index contributed by atoms with van der Waals surface area (Å²) in [6.07, 6.45) is 2.50.